The van der Waals surface area contributed by atoms with Crippen molar-refractivity contribution in [1.29, 1.82) is 0 Å². The van der Waals surface area contributed by atoms with E-state index >= 15 is 0 Å². The van der Waals surface area contributed by atoms with Crippen LogP contribution in [-0.2, 0) is 12.3 Å². The molecule has 3 rings (SSSR count). The number of fused-ring (bicyclic) bond motifs is 1. The van der Waals surface area contributed by atoms with E-state index in [1.54, 1.807) is 16.3 Å². The van der Waals surface area contributed by atoms with Crippen LogP contribution in [-0.4, -0.2) is 9.55 Å². The summed E-state index contributed by atoms with van der Waals surface area (Å²) in [5, 5.41) is 2.70. The molecule has 108 valence electrons. The van der Waals surface area contributed by atoms with Crippen LogP contribution >= 0.6 is 39.0 Å². The van der Waals surface area contributed by atoms with E-state index in [0.29, 0.717) is 6.54 Å². The van der Waals surface area contributed by atoms with Gasteiger partial charge in [0.1, 0.15) is 4.70 Å². The number of thiophene rings is 1. The maximum Gasteiger partial charge on any atom is 0.272 e. The maximum absolute atomic E-state index is 12.4. The maximum atomic E-state index is 12.4. The molecule has 0 radical (unpaired) electrons. The molecule has 21 heavy (non-hydrogen) atoms. The fourth-order valence-electron chi connectivity index (χ4n) is 2.07. The normalized spacial score (nSPS) is 11.1. The summed E-state index contributed by atoms with van der Waals surface area (Å²) >= 11 is 6.61. The van der Waals surface area contributed by atoms with Gasteiger partial charge in [0.25, 0.3) is 5.56 Å². The molecule has 0 saturated carbocycles. The number of halogens is 1. The van der Waals surface area contributed by atoms with Crippen molar-refractivity contribution in [2.24, 2.45) is 0 Å². The third-order valence-electron chi connectivity index (χ3n) is 3.16. The zero-order valence-corrected chi connectivity index (χ0v) is 14.6. The summed E-state index contributed by atoms with van der Waals surface area (Å²) in [4.78, 5) is 17.1. The first-order valence-corrected chi connectivity index (χ1v) is 9.20. The molecule has 0 atom stereocenters. The van der Waals surface area contributed by atoms with Gasteiger partial charge < -0.3 is 0 Å². The monoisotopic (exact) mass is 380 g/mol. The first-order chi connectivity index (χ1) is 10.2. The standard InChI is InChI=1S/C15H13BrN2OS2/c1-2-18-14(19)13-12(7-8-20-13)17-15(18)21-9-10-5-3-4-6-11(10)16/h3-8H,2,9H2,1H3. The van der Waals surface area contributed by atoms with E-state index in [1.165, 1.54) is 16.9 Å². The topological polar surface area (TPSA) is 34.9 Å². The third-order valence-corrected chi connectivity index (χ3v) is 5.85. The van der Waals surface area contributed by atoms with Gasteiger partial charge in [0, 0.05) is 16.8 Å². The molecule has 0 spiro atoms. The SMILES string of the molecule is CCn1c(SCc2ccccc2Br)nc2ccsc2c1=O. The Labute approximate surface area is 139 Å². The summed E-state index contributed by atoms with van der Waals surface area (Å²) in [6.45, 7) is 2.61. The second-order valence-electron chi connectivity index (χ2n) is 4.46. The van der Waals surface area contributed by atoms with Gasteiger partial charge in [-0.25, -0.2) is 4.98 Å². The smallest absolute Gasteiger partial charge is 0.272 e. The molecule has 3 nitrogen and oxygen atoms in total. The molecule has 2 aromatic heterocycles. The fraction of sp³-hybridized carbons (Fsp3) is 0.200. The van der Waals surface area contributed by atoms with Crippen molar-refractivity contribution in [1.82, 2.24) is 9.55 Å². The zero-order chi connectivity index (χ0) is 14.8. The number of rotatable bonds is 4. The molecule has 0 unspecified atom stereocenters. The Bertz CT molecular complexity index is 841. The number of aromatic nitrogens is 2. The van der Waals surface area contributed by atoms with E-state index in [4.69, 9.17) is 0 Å². The summed E-state index contributed by atoms with van der Waals surface area (Å²) in [5.41, 5.74) is 2.06. The van der Waals surface area contributed by atoms with E-state index in [-0.39, 0.29) is 5.56 Å². The molecule has 0 aliphatic rings. The van der Waals surface area contributed by atoms with Gasteiger partial charge in [0.05, 0.1) is 5.52 Å². The summed E-state index contributed by atoms with van der Waals surface area (Å²) in [7, 11) is 0. The van der Waals surface area contributed by atoms with Gasteiger partial charge in [0.2, 0.25) is 0 Å². The van der Waals surface area contributed by atoms with Gasteiger partial charge >= 0.3 is 0 Å². The van der Waals surface area contributed by atoms with Crippen LogP contribution < -0.4 is 5.56 Å². The summed E-state index contributed by atoms with van der Waals surface area (Å²) in [5.74, 6) is 0.781. The molecule has 0 saturated heterocycles. The lowest BCUT2D eigenvalue weighted by molar-refractivity contribution is 0.635. The van der Waals surface area contributed by atoms with Gasteiger partial charge in [-0.1, -0.05) is 45.9 Å². The van der Waals surface area contributed by atoms with Crippen molar-refractivity contribution < 1.29 is 0 Å². The molecule has 0 aliphatic carbocycles. The van der Waals surface area contributed by atoms with Gasteiger partial charge in [-0.3, -0.25) is 9.36 Å². The fourth-order valence-corrected chi connectivity index (χ4v) is 4.53. The highest BCUT2D eigenvalue weighted by Gasteiger charge is 2.12. The highest BCUT2D eigenvalue weighted by atomic mass is 79.9. The summed E-state index contributed by atoms with van der Waals surface area (Å²) < 4.78 is 3.57. The lowest BCUT2D eigenvalue weighted by Crippen LogP contribution is -2.21. The minimum atomic E-state index is 0.0622. The highest BCUT2D eigenvalue weighted by molar-refractivity contribution is 9.10. The number of hydrogen-bond donors (Lipinski definition) is 0. The van der Waals surface area contributed by atoms with Crippen molar-refractivity contribution in [2.45, 2.75) is 24.4 Å². The Morgan fingerprint density at radius 1 is 1.33 bits per heavy atom. The highest BCUT2D eigenvalue weighted by Crippen LogP contribution is 2.27. The predicted molar refractivity (Wildman–Crippen MR) is 93.3 cm³/mol. The Hall–Kier alpha value is -1.11. The molecular weight excluding hydrogens is 368 g/mol. The van der Waals surface area contributed by atoms with Gasteiger partial charge in [0.15, 0.2) is 5.16 Å². The molecule has 0 N–H and O–H groups in total. The van der Waals surface area contributed by atoms with Crippen LogP contribution in [0.2, 0.25) is 0 Å². The van der Waals surface area contributed by atoms with Crippen LogP contribution in [0, 0.1) is 0 Å². The third kappa shape index (κ3) is 2.93. The first-order valence-electron chi connectivity index (χ1n) is 6.55. The van der Waals surface area contributed by atoms with E-state index in [2.05, 4.69) is 27.0 Å². The molecule has 0 fully saturated rings. The van der Waals surface area contributed by atoms with Crippen molar-refractivity contribution in [3.8, 4) is 0 Å². The van der Waals surface area contributed by atoms with Crippen molar-refractivity contribution >= 4 is 49.2 Å². The molecular formula is C15H13BrN2OS2. The van der Waals surface area contributed by atoms with E-state index in [0.717, 1.165) is 25.6 Å². The number of benzene rings is 1. The van der Waals surface area contributed by atoms with Crippen LogP contribution in [0.25, 0.3) is 10.2 Å². The average Bonchev–Trinajstić information content (AvgIpc) is 2.95. The van der Waals surface area contributed by atoms with Crippen LogP contribution in [0.3, 0.4) is 0 Å². The lowest BCUT2D eigenvalue weighted by atomic mass is 10.2. The number of nitrogens with zero attached hydrogens (tertiary/aromatic N) is 2. The summed E-state index contributed by atoms with van der Waals surface area (Å²) in [6.07, 6.45) is 0. The molecule has 0 amide bonds. The van der Waals surface area contributed by atoms with Crippen molar-refractivity contribution in [2.75, 3.05) is 0 Å². The molecule has 2 heterocycles. The van der Waals surface area contributed by atoms with E-state index in [9.17, 15) is 4.79 Å². The second kappa shape index (κ2) is 6.34. The van der Waals surface area contributed by atoms with E-state index < -0.39 is 0 Å². The zero-order valence-electron chi connectivity index (χ0n) is 11.4. The number of thioether (sulfide) groups is 1. The second-order valence-corrected chi connectivity index (χ2v) is 7.17. The van der Waals surface area contributed by atoms with Crippen LogP contribution in [0.5, 0.6) is 0 Å². The minimum Gasteiger partial charge on any atom is -0.287 e. The van der Waals surface area contributed by atoms with Crippen LogP contribution in [0.15, 0.2) is 50.1 Å². The van der Waals surface area contributed by atoms with Crippen LogP contribution in [0.1, 0.15) is 12.5 Å². The Kier molecular flexibility index (Phi) is 4.47. The van der Waals surface area contributed by atoms with Gasteiger partial charge in [-0.15, -0.1) is 11.3 Å². The molecule has 1 aromatic carbocycles. The predicted octanol–water partition coefficient (Wildman–Crippen LogP) is 4.53. The molecule has 0 bridgehead atoms. The Morgan fingerprint density at radius 3 is 2.90 bits per heavy atom. The summed E-state index contributed by atoms with van der Waals surface area (Å²) in [6, 6.07) is 10.0. The van der Waals surface area contributed by atoms with Crippen molar-refractivity contribution in [3.05, 3.63) is 56.1 Å². The molecule has 6 heteroatoms. The van der Waals surface area contributed by atoms with Gasteiger partial charge in [-0.05, 0) is 30.0 Å². The van der Waals surface area contributed by atoms with Crippen molar-refractivity contribution in [3.63, 3.8) is 0 Å². The average molecular weight is 381 g/mol. The minimum absolute atomic E-state index is 0.0622. The number of hydrogen-bond acceptors (Lipinski definition) is 4. The molecule has 0 aliphatic heterocycles. The molecule has 3 aromatic rings. The quantitative estimate of drug-likeness (QED) is 0.492. The first kappa shape index (κ1) is 14.8. The Balaban J connectivity index is 1.97. The largest absolute Gasteiger partial charge is 0.287 e. The van der Waals surface area contributed by atoms with Crippen LogP contribution in [0.4, 0.5) is 0 Å². The van der Waals surface area contributed by atoms with E-state index in [1.807, 2.05) is 36.6 Å². The van der Waals surface area contributed by atoms with Gasteiger partial charge in [-0.2, -0.15) is 0 Å². The Morgan fingerprint density at radius 2 is 2.14 bits per heavy atom. The lowest BCUT2D eigenvalue weighted by Gasteiger charge is -2.10.